The fourth-order valence-electron chi connectivity index (χ4n) is 1.58. The topological polar surface area (TPSA) is 76.3 Å². The van der Waals surface area contributed by atoms with Gasteiger partial charge in [-0.2, -0.15) is 0 Å². The van der Waals surface area contributed by atoms with Gasteiger partial charge in [0.25, 0.3) is 10.0 Å². The minimum atomic E-state index is -4.18. The third-order valence-corrected chi connectivity index (χ3v) is 4.52. The number of pyridine rings is 1. The molecule has 0 atom stereocenters. The quantitative estimate of drug-likeness (QED) is 0.876. The van der Waals surface area contributed by atoms with E-state index in [2.05, 4.69) is 4.98 Å². The van der Waals surface area contributed by atoms with Gasteiger partial charge in [0.05, 0.1) is 11.4 Å². The van der Waals surface area contributed by atoms with E-state index in [0.29, 0.717) is 11.8 Å². The fraction of sp³-hybridized carbons (Fsp3) is 0.0833. The molecule has 8 heteroatoms. The van der Waals surface area contributed by atoms with Gasteiger partial charge >= 0.3 is 0 Å². The van der Waals surface area contributed by atoms with Crippen molar-refractivity contribution in [3.8, 4) is 0 Å². The average molecular weight is 299 g/mol. The number of nitrogens with zero attached hydrogens (tertiary/aromatic N) is 2. The maximum Gasteiger partial charge on any atom is 0.267 e. The molecule has 2 aromatic rings. The molecule has 2 rings (SSSR count). The van der Waals surface area contributed by atoms with Crippen LogP contribution in [0.1, 0.15) is 0 Å². The number of sulfonamides is 1. The molecule has 0 radical (unpaired) electrons. The first-order valence-electron chi connectivity index (χ1n) is 5.47. The first-order chi connectivity index (χ1) is 9.34. The molecule has 20 heavy (non-hydrogen) atoms. The summed E-state index contributed by atoms with van der Waals surface area (Å²) in [6.45, 7) is 0. The summed E-state index contributed by atoms with van der Waals surface area (Å²) in [6, 6.07) is 4.10. The van der Waals surface area contributed by atoms with E-state index >= 15 is 0 Å². The van der Waals surface area contributed by atoms with Crippen LogP contribution < -0.4 is 10.0 Å². The maximum absolute atomic E-state index is 13.7. The van der Waals surface area contributed by atoms with Crippen LogP contribution in [0.15, 0.2) is 41.6 Å². The second kappa shape index (κ2) is 5.04. The second-order valence-corrected chi connectivity index (χ2v) is 5.92. The van der Waals surface area contributed by atoms with Gasteiger partial charge in [-0.3, -0.25) is 9.29 Å². The number of halogens is 2. The van der Waals surface area contributed by atoms with Crippen LogP contribution in [0.5, 0.6) is 0 Å². The number of aromatic nitrogens is 1. The zero-order chi connectivity index (χ0) is 14.9. The van der Waals surface area contributed by atoms with Crippen molar-refractivity contribution in [1.82, 2.24) is 4.98 Å². The Morgan fingerprint density at radius 2 is 1.75 bits per heavy atom. The number of hydrogen-bond acceptors (Lipinski definition) is 4. The number of rotatable bonds is 3. The van der Waals surface area contributed by atoms with E-state index in [-0.39, 0.29) is 0 Å². The molecule has 0 bridgehead atoms. The molecule has 0 aliphatic rings. The van der Waals surface area contributed by atoms with Crippen molar-refractivity contribution in [1.29, 1.82) is 0 Å². The lowest BCUT2D eigenvalue weighted by atomic mass is 10.3. The summed E-state index contributed by atoms with van der Waals surface area (Å²) in [5.41, 5.74) is 5.15. The molecule has 0 saturated carbocycles. The predicted octanol–water partition coefficient (Wildman–Crippen LogP) is 1.77. The number of anilines is 2. The minimum absolute atomic E-state index is 0.294. The van der Waals surface area contributed by atoms with Crippen molar-refractivity contribution >= 4 is 21.4 Å². The molecule has 0 unspecified atom stereocenters. The summed E-state index contributed by atoms with van der Waals surface area (Å²) < 4.78 is 52.3. The van der Waals surface area contributed by atoms with E-state index in [0.717, 1.165) is 10.4 Å². The second-order valence-electron chi connectivity index (χ2n) is 3.98. The van der Waals surface area contributed by atoms with Gasteiger partial charge in [0.15, 0.2) is 0 Å². The Kier molecular flexibility index (Phi) is 3.58. The van der Waals surface area contributed by atoms with E-state index in [4.69, 9.17) is 5.73 Å². The normalized spacial score (nSPS) is 11.3. The lowest BCUT2D eigenvalue weighted by Gasteiger charge is -2.19. The van der Waals surface area contributed by atoms with Crippen molar-refractivity contribution in [3.05, 3.63) is 48.3 Å². The molecule has 0 aliphatic carbocycles. The Bertz CT molecular complexity index is 736. The van der Waals surface area contributed by atoms with Gasteiger partial charge in [-0.25, -0.2) is 17.2 Å². The molecule has 0 aliphatic heterocycles. The van der Waals surface area contributed by atoms with Crippen molar-refractivity contribution in [2.24, 2.45) is 0 Å². The molecule has 0 fully saturated rings. The van der Waals surface area contributed by atoms with Gasteiger partial charge in [-0.1, -0.05) is 0 Å². The maximum atomic E-state index is 13.7. The molecule has 1 heterocycles. The summed E-state index contributed by atoms with van der Waals surface area (Å²) in [6.07, 6.45) is 2.80. The summed E-state index contributed by atoms with van der Waals surface area (Å²) in [7, 11) is -2.92. The van der Waals surface area contributed by atoms with E-state index in [1.807, 2.05) is 0 Å². The van der Waals surface area contributed by atoms with Crippen molar-refractivity contribution in [2.45, 2.75) is 4.90 Å². The smallest absolute Gasteiger partial charge is 0.267 e. The third kappa shape index (κ3) is 2.42. The predicted molar refractivity (Wildman–Crippen MR) is 70.6 cm³/mol. The molecule has 0 amide bonds. The summed E-state index contributed by atoms with van der Waals surface area (Å²) >= 11 is 0. The van der Waals surface area contributed by atoms with E-state index in [1.54, 1.807) is 0 Å². The van der Waals surface area contributed by atoms with Crippen LogP contribution in [0.3, 0.4) is 0 Å². The van der Waals surface area contributed by atoms with Crippen molar-refractivity contribution in [3.63, 3.8) is 0 Å². The Morgan fingerprint density at radius 1 is 1.15 bits per heavy atom. The molecule has 2 N–H and O–H groups in total. The van der Waals surface area contributed by atoms with E-state index in [1.165, 1.54) is 31.6 Å². The molecular weight excluding hydrogens is 288 g/mol. The average Bonchev–Trinajstić information content (AvgIpc) is 2.42. The van der Waals surface area contributed by atoms with Gasteiger partial charge in [-0.05, 0) is 18.2 Å². The SMILES string of the molecule is CN(c1ccncc1)S(=O)(=O)c1cc(N)c(F)cc1F. The van der Waals surface area contributed by atoms with Crippen LogP contribution in [0.25, 0.3) is 0 Å². The van der Waals surface area contributed by atoms with Crippen molar-refractivity contribution in [2.75, 3.05) is 17.1 Å². The largest absolute Gasteiger partial charge is 0.396 e. The molecule has 0 saturated heterocycles. The van der Waals surface area contributed by atoms with Gasteiger partial charge in [0.2, 0.25) is 0 Å². The highest BCUT2D eigenvalue weighted by Gasteiger charge is 2.26. The van der Waals surface area contributed by atoms with E-state index < -0.39 is 32.2 Å². The highest BCUT2D eigenvalue weighted by atomic mass is 32.2. The minimum Gasteiger partial charge on any atom is -0.396 e. The van der Waals surface area contributed by atoms with Gasteiger partial charge in [0, 0.05) is 25.5 Å². The van der Waals surface area contributed by atoms with Crippen LogP contribution in [0.4, 0.5) is 20.2 Å². The summed E-state index contributed by atoms with van der Waals surface area (Å²) in [4.78, 5) is 3.08. The van der Waals surface area contributed by atoms with Crippen LogP contribution in [-0.2, 0) is 10.0 Å². The monoisotopic (exact) mass is 299 g/mol. The van der Waals surface area contributed by atoms with Gasteiger partial charge in [-0.15, -0.1) is 0 Å². The zero-order valence-corrected chi connectivity index (χ0v) is 11.2. The fourth-order valence-corrected chi connectivity index (χ4v) is 2.86. The molecule has 5 nitrogen and oxygen atoms in total. The number of nitrogens with two attached hydrogens (primary N) is 1. The number of hydrogen-bond donors (Lipinski definition) is 1. The summed E-state index contributed by atoms with van der Waals surface area (Å²) in [5, 5.41) is 0. The van der Waals surface area contributed by atoms with Crippen molar-refractivity contribution < 1.29 is 17.2 Å². The third-order valence-electron chi connectivity index (χ3n) is 2.72. The zero-order valence-electron chi connectivity index (χ0n) is 10.4. The Hall–Kier alpha value is -2.22. The summed E-state index contributed by atoms with van der Waals surface area (Å²) in [5.74, 6) is -2.20. The molecule has 106 valence electrons. The molecule has 1 aromatic heterocycles. The highest BCUT2D eigenvalue weighted by Crippen LogP contribution is 2.26. The molecular formula is C12H11F2N3O2S. The van der Waals surface area contributed by atoms with E-state index in [9.17, 15) is 17.2 Å². The van der Waals surface area contributed by atoms with Crippen LogP contribution >= 0.6 is 0 Å². The Morgan fingerprint density at radius 3 is 2.35 bits per heavy atom. The first kappa shape index (κ1) is 14.2. The lowest BCUT2D eigenvalue weighted by molar-refractivity contribution is 0.550. The molecule has 1 aromatic carbocycles. The first-order valence-corrected chi connectivity index (χ1v) is 6.91. The number of benzene rings is 1. The Labute approximate surface area is 114 Å². The van der Waals surface area contributed by atoms with Gasteiger partial charge < -0.3 is 5.73 Å². The Balaban J connectivity index is 2.54. The molecule has 0 spiro atoms. The van der Waals surface area contributed by atoms with Crippen LogP contribution in [0, 0.1) is 11.6 Å². The van der Waals surface area contributed by atoms with Crippen LogP contribution in [0.2, 0.25) is 0 Å². The van der Waals surface area contributed by atoms with Crippen LogP contribution in [-0.4, -0.2) is 20.4 Å². The standard InChI is InChI=1S/C12H11F2N3O2S/c1-17(8-2-4-16-5-3-8)20(18,19)12-7-11(15)9(13)6-10(12)14/h2-7H,15H2,1H3. The lowest BCUT2D eigenvalue weighted by Crippen LogP contribution is -2.27. The number of nitrogen functional groups attached to an aromatic ring is 1. The highest BCUT2D eigenvalue weighted by molar-refractivity contribution is 7.92. The van der Waals surface area contributed by atoms with Gasteiger partial charge in [0.1, 0.15) is 16.5 Å².